The Bertz CT molecular complexity index is 604. The highest BCUT2D eigenvalue weighted by atomic mass is 35.5. The van der Waals surface area contributed by atoms with Crippen LogP contribution in [0.3, 0.4) is 0 Å². The summed E-state index contributed by atoms with van der Waals surface area (Å²) in [6, 6.07) is 6.95. The Morgan fingerprint density at radius 3 is 2.72 bits per heavy atom. The number of nitrogen functional groups attached to an aromatic ring is 1. The topological polar surface area (TPSA) is 80.9 Å². The zero-order chi connectivity index (χ0) is 13.1. The van der Waals surface area contributed by atoms with Crippen LogP contribution in [0.1, 0.15) is 10.4 Å². The van der Waals surface area contributed by atoms with Crippen molar-refractivity contribution in [2.75, 3.05) is 11.1 Å². The number of benzene rings is 1. The second-order valence-corrected chi connectivity index (χ2v) is 4.18. The Morgan fingerprint density at radius 1 is 1.28 bits per heavy atom. The summed E-state index contributed by atoms with van der Waals surface area (Å²) in [4.78, 5) is 18.6. The smallest absolute Gasteiger partial charge is 0.223 e. The highest BCUT2D eigenvalue weighted by molar-refractivity contribution is 6.32. The van der Waals surface area contributed by atoms with Gasteiger partial charge >= 0.3 is 0 Å². The van der Waals surface area contributed by atoms with Crippen molar-refractivity contribution in [3.05, 3.63) is 40.0 Å². The first-order valence-electron chi connectivity index (χ1n) is 4.91. The van der Waals surface area contributed by atoms with Crippen molar-refractivity contribution in [3.63, 3.8) is 0 Å². The fourth-order valence-corrected chi connectivity index (χ4v) is 1.77. The molecule has 2 rings (SSSR count). The predicted octanol–water partition coefficient (Wildman–Crippen LogP) is 2.92. The molecule has 3 N–H and O–H groups in total. The first-order chi connectivity index (χ1) is 8.60. The molecule has 0 aliphatic carbocycles. The summed E-state index contributed by atoms with van der Waals surface area (Å²) in [6.07, 6.45) is 0.564. The zero-order valence-electron chi connectivity index (χ0n) is 9.02. The minimum absolute atomic E-state index is 0.00188. The van der Waals surface area contributed by atoms with Crippen LogP contribution in [0.2, 0.25) is 10.2 Å². The highest BCUT2D eigenvalue weighted by Gasteiger charge is 2.11. The Hall–Kier alpha value is -1.85. The van der Waals surface area contributed by atoms with Crippen molar-refractivity contribution in [2.24, 2.45) is 0 Å². The minimum atomic E-state index is -0.0184. The number of carbonyl (C=O) groups excluding carboxylic acids is 1. The van der Waals surface area contributed by atoms with Crippen LogP contribution in [0.4, 0.5) is 17.5 Å². The van der Waals surface area contributed by atoms with Gasteiger partial charge in [0.05, 0.1) is 5.56 Å². The van der Waals surface area contributed by atoms with E-state index < -0.39 is 0 Å². The summed E-state index contributed by atoms with van der Waals surface area (Å²) in [5.41, 5.74) is 6.29. The van der Waals surface area contributed by atoms with E-state index in [4.69, 9.17) is 28.9 Å². The number of carbonyl (C=O) groups is 1. The average Bonchev–Trinajstić information content (AvgIpc) is 2.28. The quantitative estimate of drug-likeness (QED) is 0.668. The van der Waals surface area contributed by atoms with Gasteiger partial charge in [-0.3, -0.25) is 4.79 Å². The van der Waals surface area contributed by atoms with E-state index in [0.29, 0.717) is 17.0 Å². The lowest BCUT2D eigenvalue weighted by Gasteiger charge is -2.09. The number of halogens is 2. The van der Waals surface area contributed by atoms with Gasteiger partial charge in [0.2, 0.25) is 5.95 Å². The van der Waals surface area contributed by atoms with Gasteiger partial charge in [0, 0.05) is 10.7 Å². The van der Waals surface area contributed by atoms with E-state index >= 15 is 0 Å². The normalized spacial score (nSPS) is 10.1. The van der Waals surface area contributed by atoms with E-state index in [0.717, 1.165) is 0 Å². The molecule has 0 spiro atoms. The molecule has 0 fully saturated rings. The van der Waals surface area contributed by atoms with Gasteiger partial charge in [-0.15, -0.1) is 0 Å². The molecular formula is C11H8Cl2N4O. The third kappa shape index (κ3) is 2.69. The minimum Gasteiger partial charge on any atom is -0.368 e. The summed E-state index contributed by atoms with van der Waals surface area (Å²) >= 11 is 11.7. The van der Waals surface area contributed by atoms with Crippen LogP contribution in [0, 0.1) is 0 Å². The van der Waals surface area contributed by atoms with E-state index in [1.165, 1.54) is 0 Å². The molecule has 1 aromatic carbocycles. The summed E-state index contributed by atoms with van der Waals surface area (Å²) < 4.78 is 0. The number of nitrogens with zero attached hydrogens (tertiary/aromatic N) is 2. The molecule has 0 saturated heterocycles. The molecule has 0 unspecified atom stereocenters. The van der Waals surface area contributed by atoms with Gasteiger partial charge in [-0.05, 0) is 18.2 Å². The highest BCUT2D eigenvalue weighted by Crippen LogP contribution is 2.24. The fraction of sp³-hybridized carbons (Fsp3) is 0. The summed E-state index contributed by atoms with van der Waals surface area (Å²) in [7, 11) is 0. The Balaban J connectivity index is 2.42. The SMILES string of the molecule is Nc1nc(Cl)c(C=O)c(Nc2cccc(Cl)c2)n1. The molecule has 0 saturated carbocycles. The van der Waals surface area contributed by atoms with E-state index in [-0.39, 0.29) is 22.5 Å². The molecular weight excluding hydrogens is 275 g/mol. The number of nitrogens with one attached hydrogen (secondary N) is 1. The van der Waals surface area contributed by atoms with Gasteiger partial charge in [-0.1, -0.05) is 29.3 Å². The van der Waals surface area contributed by atoms with Gasteiger partial charge in [0.1, 0.15) is 11.0 Å². The maximum Gasteiger partial charge on any atom is 0.223 e. The third-order valence-corrected chi connectivity index (χ3v) is 2.64. The largest absolute Gasteiger partial charge is 0.368 e. The van der Waals surface area contributed by atoms with Gasteiger partial charge in [0.25, 0.3) is 0 Å². The number of aldehydes is 1. The molecule has 0 atom stereocenters. The predicted molar refractivity (Wildman–Crippen MR) is 71.6 cm³/mol. The van der Waals surface area contributed by atoms with Gasteiger partial charge < -0.3 is 11.1 Å². The molecule has 0 bridgehead atoms. The van der Waals surface area contributed by atoms with E-state index in [9.17, 15) is 4.79 Å². The summed E-state index contributed by atoms with van der Waals surface area (Å²) in [5.74, 6) is 0.222. The Labute approximate surface area is 113 Å². The van der Waals surface area contributed by atoms with Crippen LogP contribution in [-0.4, -0.2) is 16.3 Å². The van der Waals surface area contributed by atoms with Crippen LogP contribution in [-0.2, 0) is 0 Å². The van der Waals surface area contributed by atoms with Crippen molar-refractivity contribution >= 4 is 46.9 Å². The fourth-order valence-electron chi connectivity index (χ4n) is 1.36. The monoisotopic (exact) mass is 282 g/mol. The molecule has 2 aromatic rings. The number of hydrogen-bond acceptors (Lipinski definition) is 5. The summed E-state index contributed by atoms with van der Waals surface area (Å²) in [5, 5.41) is 3.47. The van der Waals surface area contributed by atoms with Gasteiger partial charge in [0.15, 0.2) is 6.29 Å². The lowest BCUT2D eigenvalue weighted by molar-refractivity contribution is 0.112. The van der Waals surface area contributed by atoms with Crippen LogP contribution < -0.4 is 11.1 Å². The number of rotatable bonds is 3. The van der Waals surface area contributed by atoms with Gasteiger partial charge in [-0.25, -0.2) is 4.98 Å². The van der Waals surface area contributed by atoms with Crippen LogP contribution in [0.5, 0.6) is 0 Å². The summed E-state index contributed by atoms with van der Waals surface area (Å²) in [6.45, 7) is 0. The number of nitrogens with two attached hydrogens (primary N) is 1. The van der Waals surface area contributed by atoms with Crippen molar-refractivity contribution in [1.29, 1.82) is 0 Å². The van der Waals surface area contributed by atoms with Crippen molar-refractivity contribution in [3.8, 4) is 0 Å². The lowest BCUT2D eigenvalue weighted by Crippen LogP contribution is -2.05. The van der Waals surface area contributed by atoms with E-state index in [1.807, 2.05) is 0 Å². The zero-order valence-corrected chi connectivity index (χ0v) is 10.5. The molecule has 0 aliphatic heterocycles. The van der Waals surface area contributed by atoms with Crippen LogP contribution in [0.15, 0.2) is 24.3 Å². The molecule has 92 valence electrons. The molecule has 5 nitrogen and oxygen atoms in total. The lowest BCUT2D eigenvalue weighted by atomic mass is 10.3. The Morgan fingerprint density at radius 2 is 2.06 bits per heavy atom. The maximum absolute atomic E-state index is 10.9. The first-order valence-corrected chi connectivity index (χ1v) is 5.66. The molecule has 1 heterocycles. The Kier molecular flexibility index (Phi) is 3.64. The maximum atomic E-state index is 10.9. The number of anilines is 3. The molecule has 7 heteroatoms. The van der Waals surface area contributed by atoms with Gasteiger partial charge in [-0.2, -0.15) is 4.98 Å². The molecule has 18 heavy (non-hydrogen) atoms. The number of hydrogen-bond donors (Lipinski definition) is 2. The first kappa shape index (κ1) is 12.6. The van der Waals surface area contributed by atoms with Crippen LogP contribution >= 0.6 is 23.2 Å². The molecule has 0 amide bonds. The molecule has 0 radical (unpaired) electrons. The number of aromatic nitrogens is 2. The van der Waals surface area contributed by atoms with Crippen molar-refractivity contribution in [2.45, 2.75) is 0 Å². The second kappa shape index (κ2) is 5.20. The van der Waals surface area contributed by atoms with E-state index in [2.05, 4.69) is 15.3 Å². The average molecular weight is 283 g/mol. The standard InChI is InChI=1S/C11H8Cl2N4O/c12-6-2-1-3-7(4-6)15-10-8(5-18)9(13)16-11(14)17-10/h1-5H,(H3,14,15,16,17). The molecule has 1 aromatic heterocycles. The molecule has 0 aliphatic rings. The third-order valence-electron chi connectivity index (χ3n) is 2.12. The van der Waals surface area contributed by atoms with Crippen molar-refractivity contribution < 1.29 is 4.79 Å². The van der Waals surface area contributed by atoms with Crippen LogP contribution in [0.25, 0.3) is 0 Å². The van der Waals surface area contributed by atoms with Crippen molar-refractivity contribution in [1.82, 2.24) is 9.97 Å². The second-order valence-electron chi connectivity index (χ2n) is 3.39. The van der Waals surface area contributed by atoms with E-state index in [1.54, 1.807) is 24.3 Å².